The van der Waals surface area contributed by atoms with Crippen LogP contribution in [0.25, 0.3) is 0 Å². The number of thiazole rings is 1. The second kappa shape index (κ2) is 7.17. The van der Waals surface area contributed by atoms with Crippen molar-refractivity contribution in [2.75, 3.05) is 11.9 Å². The van der Waals surface area contributed by atoms with Gasteiger partial charge in [-0.15, -0.1) is 11.3 Å². The molecule has 3 aromatic heterocycles. The predicted octanol–water partition coefficient (Wildman–Crippen LogP) is 3.97. The van der Waals surface area contributed by atoms with E-state index in [9.17, 15) is 0 Å². The Balaban J connectivity index is 1.56. The Bertz CT molecular complexity index is 899. The third kappa shape index (κ3) is 3.64. The van der Waals surface area contributed by atoms with Crippen LogP contribution in [0.15, 0.2) is 30.6 Å². The lowest BCUT2D eigenvalue weighted by atomic mass is 10.1. The lowest BCUT2D eigenvalue weighted by molar-refractivity contribution is 0.238. The fourth-order valence-corrected chi connectivity index (χ4v) is 4.27. The van der Waals surface area contributed by atoms with E-state index in [1.165, 1.54) is 17.0 Å². The van der Waals surface area contributed by atoms with Gasteiger partial charge in [-0.2, -0.15) is 5.10 Å². The van der Waals surface area contributed by atoms with Crippen molar-refractivity contribution in [1.82, 2.24) is 24.6 Å². The minimum Gasteiger partial charge on any atom is -0.331 e. The zero-order valence-corrected chi connectivity index (χ0v) is 16.3. The van der Waals surface area contributed by atoms with E-state index < -0.39 is 0 Å². The molecule has 136 valence electrons. The lowest BCUT2D eigenvalue weighted by Crippen LogP contribution is -2.25. The summed E-state index contributed by atoms with van der Waals surface area (Å²) >= 11 is 1.67. The van der Waals surface area contributed by atoms with Gasteiger partial charge < -0.3 is 5.32 Å². The number of likely N-dealkylation sites (tertiary alicyclic amines) is 1. The Hall–Kier alpha value is -2.25. The highest BCUT2D eigenvalue weighted by Gasteiger charge is 2.28. The number of aryl methyl sites for hydroxylation is 3. The molecule has 0 unspecified atom stereocenters. The van der Waals surface area contributed by atoms with Gasteiger partial charge in [0, 0.05) is 42.2 Å². The predicted molar refractivity (Wildman–Crippen MR) is 105 cm³/mol. The van der Waals surface area contributed by atoms with Crippen LogP contribution in [0.1, 0.15) is 40.8 Å². The summed E-state index contributed by atoms with van der Waals surface area (Å²) in [5, 5.41) is 8.65. The summed E-state index contributed by atoms with van der Waals surface area (Å²) in [6.45, 7) is 6.13. The van der Waals surface area contributed by atoms with Gasteiger partial charge in [0.05, 0.1) is 17.4 Å². The van der Waals surface area contributed by atoms with Crippen LogP contribution >= 0.6 is 11.3 Å². The van der Waals surface area contributed by atoms with Crippen molar-refractivity contribution in [3.05, 3.63) is 52.6 Å². The summed E-state index contributed by atoms with van der Waals surface area (Å²) in [4.78, 5) is 13.0. The minimum atomic E-state index is 0.350. The normalized spacial score (nSPS) is 17.7. The van der Waals surface area contributed by atoms with Gasteiger partial charge in [0.25, 0.3) is 0 Å². The number of rotatable bonds is 5. The van der Waals surface area contributed by atoms with Crippen molar-refractivity contribution >= 4 is 22.2 Å². The fourth-order valence-electron chi connectivity index (χ4n) is 3.59. The number of pyridine rings is 1. The van der Waals surface area contributed by atoms with Crippen molar-refractivity contribution in [3.63, 3.8) is 0 Å². The average molecular weight is 369 g/mol. The third-order valence-corrected chi connectivity index (χ3v) is 5.67. The Morgan fingerprint density at radius 3 is 2.92 bits per heavy atom. The second-order valence-electron chi connectivity index (χ2n) is 6.90. The monoisotopic (exact) mass is 368 g/mol. The molecule has 0 amide bonds. The van der Waals surface area contributed by atoms with Crippen molar-refractivity contribution < 1.29 is 0 Å². The zero-order chi connectivity index (χ0) is 18.1. The molecule has 0 bridgehead atoms. The van der Waals surface area contributed by atoms with Crippen molar-refractivity contribution in [2.24, 2.45) is 7.05 Å². The van der Waals surface area contributed by atoms with Gasteiger partial charge in [-0.05, 0) is 51.4 Å². The van der Waals surface area contributed by atoms with Gasteiger partial charge in [-0.3, -0.25) is 14.6 Å². The summed E-state index contributed by atoms with van der Waals surface area (Å²) < 4.78 is 1.96. The molecule has 4 rings (SSSR count). The number of aromatic nitrogens is 4. The summed E-state index contributed by atoms with van der Waals surface area (Å²) in [5.41, 5.74) is 4.47. The molecule has 0 radical (unpaired) electrons. The molecule has 1 aliphatic heterocycles. The van der Waals surface area contributed by atoms with Crippen LogP contribution in [0.3, 0.4) is 0 Å². The first-order valence-corrected chi connectivity index (χ1v) is 9.79. The molecule has 0 saturated carbocycles. The molecule has 0 aliphatic carbocycles. The largest absolute Gasteiger partial charge is 0.331 e. The Morgan fingerprint density at radius 2 is 2.19 bits per heavy atom. The van der Waals surface area contributed by atoms with E-state index in [4.69, 9.17) is 4.98 Å². The van der Waals surface area contributed by atoms with E-state index in [-0.39, 0.29) is 0 Å². The lowest BCUT2D eigenvalue weighted by Gasteiger charge is -2.24. The number of hydrogen-bond donors (Lipinski definition) is 1. The summed E-state index contributed by atoms with van der Waals surface area (Å²) in [6.07, 6.45) is 6.11. The quantitative estimate of drug-likeness (QED) is 0.738. The molecular weight excluding hydrogens is 344 g/mol. The molecule has 1 saturated heterocycles. The standard InChI is InChI=1S/C19H24N6S/c1-13-9-15(23-19-20-11-14(2)26-19)10-17(22-13)18-5-4-8-25(18)12-16-6-7-21-24(16)3/h6-7,9-11,18H,4-5,8,12H2,1-3H3,(H,20,22,23)/t18-/m0/s1. The maximum Gasteiger partial charge on any atom is 0.187 e. The second-order valence-corrected chi connectivity index (χ2v) is 8.13. The molecule has 7 heteroatoms. The molecule has 1 fully saturated rings. The van der Waals surface area contributed by atoms with Gasteiger partial charge in [0.15, 0.2) is 5.13 Å². The maximum absolute atomic E-state index is 4.84. The van der Waals surface area contributed by atoms with Crippen LogP contribution in [0.5, 0.6) is 0 Å². The van der Waals surface area contributed by atoms with Crippen LogP contribution in [0.2, 0.25) is 0 Å². The number of hydrogen-bond acceptors (Lipinski definition) is 6. The van der Waals surface area contributed by atoms with E-state index in [1.54, 1.807) is 11.3 Å². The maximum atomic E-state index is 4.84. The number of anilines is 2. The van der Waals surface area contributed by atoms with Crippen molar-refractivity contribution in [1.29, 1.82) is 0 Å². The summed E-state index contributed by atoms with van der Waals surface area (Å²) in [6, 6.07) is 6.70. The molecule has 3 aromatic rings. The Labute approximate surface area is 157 Å². The van der Waals surface area contributed by atoms with E-state index in [0.717, 1.165) is 41.7 Å². The molecule has 1 N–H and O–H groups in total. The van der Waals surface area contributed by atoms with Crippen molar-refractivity contribution in [3.8, 4) is 0 Å². The first kappa shape index (κ1) is 17.2. The van der Waals surface area contributed by atoms with Crippen LogP contribution in [-0.2, 0) is 13.6 Å². The van der Waals surface area contributed by atoms with E-state index in [2.05, 4.69) is 52.3 Å². The topological polar surface area (TPSA) is 58.9 Å². The SMILES string of the molecule is Cc1cc(Nc2ncc(C)s2)cc([C@@H]2CCCN2Cc2ccnn2C)n1. The molecule has 4 heterocycles. The van der Waals surface area contributed by atoms with Crippen LogP contribution < -0.4 is 5.32 Å². The molecule has 1 atom stereocenters. The van der Waals surface area contributed by atoms with Gasteiger partial charge in [-0.25, -0.2) is 4.98 Å². The first-order chi connectivity index (χ1) is 12.6. The fraction of sp³-hybridized carbons (Fsp3) is 0.421. The van der Waals surface area contributed by atoms with Gasteiger partial charge in [0.1, 0.15) is 0 Å². The molecule has 1 aliphatic rings. The van der Waals surface area contributed by atoms with Crippen LogP contribution in [0.4, 0.5) is 10.8 Å². The Morgan fingerprint density at radius 1 is 1.31 bits per heavy atom. The van der Waals surface area contributed by atoms with Gasteiger partial charge in [0.2, 0.25) is 0 Å². The highest BCUT2D eigenvalue weighted by molar-refractivity contribution is 7.15. The molecular formula is C19H24N6S. The van der Waals surface area contributed by atoms with Gasteiger partial charge in [-0.1, -0.05) is 0 Å². The highest BCUT2D eigenvalue weighted by Crippen LogP contribution is 2.34. The molecule has 6 nitrogen and oxygen atoms in total. The van der Waals surface area contributed by atoms with Gasteiger partial charge >= 0.3 is 0 Å². The zero-order valence-electron chi connectivity index (χ0n) is 15.4. The molecule has 0 spiro atoms. The van der Waals surface area contributed by atoms with E-state index >= 15 is 0 Å². The average Bonchev–Trinajstić information content (AvgIpc) is 3.31. The summed E-state index contributed by atoms with van der Waals surface area (Å²) in [5.74, 6) is 0. The number of nitrogens with one attached hydrogen (secondary N) is 1. The van der Waals surface area contributed by atoms with Crippen LogP contribution in [0, 0.1) is 13.8 Å². The highest BCUT2D eigenvalue weighted by atomic mass is 32.1. The number of nitrogens with zero attached hydrogens (tertiary/aromatic N) is 5. The van der Waals surface area contributed by atoms with Crippen molar-refractivity contribution in [2.45, 2.75) is 39.3 Å². The molecule has 26 heavy (non-hydrogen) atoms. The Kier molecular flexibility index (Phi) is 4.74. The van der Waals surface area contributed by atoms with Crippen LogP contribution in [-0.4, -0.2) is 31.2 Å². The molecule has 0 aromatic carbocycles. The summed E-state index contributed by atoms with van der Waals surface area (Å²) in [7, 11) is 2.00. The van der Waals surface area contributed by atoms with E-state index in [0.29, 0.717) is 6.04 Å². The smallest absolute Gasteiger partial charge is 0.187 e. The minimum absolute atomic E-state index is 0.350. The van der Waals surface area contributed by atoms with E-state index in [1.807, 2.05) is 24.1 Å². The first-order valence-electron chi connectivity index (χ1n) is 8.97. The third-order valence-electron chi connectivity index (χ3n) is 4.84.